The van der Waals surface area contributed by atoms with Gasteiger partial charge in [0.05, 0.1) is 10.7 Å². The number of aromatic nitrogens is 1. The van der Waals surface area contributed by atoms with Crippen molar-refractivity contribution in [2.45, 2.75) is 19.5 Å². The van der Waals surface area contributed by atoms with Crippen LogP contribution in [0.15, 0.2) is 36.4 Å². The third-order valence-corrected chi connectivity index (χ3v) is 3.75. The molecule has 2 N–H and O–H groups in total. The van der Waals surface area contributed by atoms with E-state index >= 15 is 0 Å². The van der Waals surface area contributed by atoms with Gasteiger partial charge < -0.3 is 5.73 Å². The summed E-state index contributed by atoms with van der Waals surface area (Å²) in [7, 11) is 1.95. The molecule has 1 unspecified atom stereocenters. The molecule has 1 heterocycles. The van der Waals surface area contributed by atoms with Crippen molar-refractivity contribution >= 4 is 11.6 Å². The molecule has 0 aliphatic carbocycles. The summed E-state index contributed by atoms with van der Waals surface area (Å²) in [4.78, 5) is 6.54. The Morgan fingerprint density at radius 2 is 2.10 bits per heavy atom. The molecule has 1 aromatic carbocycles. The first-order chi connectivity index (χ1) is 10.0. The molecule has 0 bridgehead atoms. The number of hydrogen-bond donors (Lipinski definition) is 1. The second-order valence-corrected chi connectivity index (χ2v) is 5.52. The fraction of sp³-hybridized carbons (Fsp3) is 0.312. The SMILES string of the molecule is Cc1cccc(CN(C)C(CN)c2ccc(Cl)c(F)c2)n1. The van der Waals surface area contributed by atoms with Crippen LogP contribution >= 0.6 is 11.6 Å². The minimum atomic E-state index is -0.422. The second-order valence-electron chi connectivity index (χ2n) is 5.11. The zero-order chi connectivity index (χ0) is 15.4. The Morgan fingerprint density at radius 3 is 2.71 bits per heavy atom. The summed E-state index contributed by atoms with van der Waals surface area (Å²) < 4.78 is 13.6. The predicted octanol–water partition coefficient (Wildman–Crippen LogP) is 3.31. The molecular formula is C16H19ClFN3. The standard InChI is InChI=1S/C16H19ClFN3/c1-11-4-3-5-13(20-11)10-21(2)16(9-19)12-6-7-14(17)15(18)8-12/h3-8,16H,9-10,19H2,1-2H3. The van der Waals surface area contributed by atoms with Gasteiger partial charge >= 0.3 is 0 Å². The number of halogens is 2. The van der Waals surface area contributed by atoms with E-state index < -0.39 is 5.82 Å². The van der Waals surface area contributed by atoms with Gasteiger partial charge in [-0.15, -0.1) is 0 Å². The third-order valence-electron chi connectivity index (χ3n) is 3.44. The van der Waals surface area contributed by atoms with Gasteiger partial charge in [-0.05, 0) is 43.8 Å². The Kier molecular flexibility index (Phi) is 5.28. The molecule has 0 amide bonds. The van der Waals surface area contributed by atoms with Crippen molar-refractivity contribution in [1.29, 1.82) is 0 Å². The minimum Gasteiger partial charge on any atom is -0.329 e. The summed E-state index contributed by atoms with van der Waals surface area (Å²) in [6.45, 7) is 3.00. The van der Waals surface area contributed by atoms with Crippen LogP contribution in [0.25, 0.3) is 0 Å². The summed E-state index contributed by atoms with van der Waals surface area (Å²) in [6, 6.07) is 10.6. The van der Waals surface area contributed by atoms with Gasteiger partial charge in [-0.25, -0.2) is 4.39 Å². The lowest BCUT2D eigenvalue weighted by Gasteiger charge is -2.27. The van der Waals surface area contributed by atoms with Gasteiger partial charge in [-0.3, -0.25) is 9.88 Å². The van der Waals surface area contributed by atoms with Crippen LogP contribution in [0.4, 0.5) is 4.39 Å². The van der Waals surface area contributed by atoms with Crippen LogP contribution in [0.3, 0.4) is 0 Å². The first-order valence-electron chi connectivity index (χ1n) is 6.79. The molecule has 0 aliphatic heterocycles. The van der Waals surface area contributed by atoms with Crippen LogP contribution in [-0.4, -0.2) is 23.5 Å². The average Bonchev–Trinajstić information content (AvgIpc) is 2.43. The number of likely N-dealkylation sites (N-methyl/N-ethyl adjacent to an activating group) is 1. The maximum absolute atomic E-state index is 13.6. The van der Waals surface area contributed by atoms with Crippen molar-refractivity contribution in [3.8, 4) is 0 Å². The molecule has 0 aliphatic rings. The maximum atomic E-state index is 13.6. The van der Waals surface area contributed by atoms with Crippen LogP contribution in [0.1, 0.15) is 23.0 Å². The van der Waals surface area contributed by atoms with Crippen LogP contribution in [0.2, 0.25) is 5.02 Å². The molecule has 2 rings (SSSR count). The van der Waals surface area contributed by atoms with E-state index in [4.69, 9.17) is 17.3 Å². The van der Waals surface area contributed by atoms with Gasteiger partial charge in [-0.2, -0.15) is 0 Å². The van der Waals surface area contributed by atoms with Crippen LogP contribution in [0, 0.1) is 12.7 Å². The molecule has 5 heteroatoms. The number of rotatable bonds is 5. The van der Waals surface area contributed by atoms with E-state index in [0.717, 1.165) is 17.0 Å². The zero-order valence-corrected chi connectivity index (χ0v) is 12.9. The van der Waals surface area contributed by atoms with Crippen molar-refractivity contribution < 1.29 is 4.39 Å². The minimum absolute atomic E-state index is 0.0842. The van der Waals surface area contributed by atoms with Gasteiger partial charge in [-0.1, -0.05) is 23.7 Å². The summed E-state index contributed by atoms with van der Waals surface area (Å²) in [5, 5.41) is 0.123. The first kappa shape index (κ1) is 15.9. The molecule has 0 saturated heterocycles. The molecule has 3 nitrogen and oxygen atoms in total. The largest absolute Gasteiger partial charge is 0.329 e. The summed E-state index contributed by atoms with van der Waals surface area (Å²) >= 11 is 5.73. The molecular weight excluding hydrogens is 289 g/mol. The van der Waals surface area contributed by atoms with Crippen molar-refractivity contribution in [1.82, 2.24) is 9.88 Å². The molecule has 0 fully saturated rings. The first-order valence-corrected chi connectivity index (χ1v) is 7.17. The van der Waals surface area contributed by atoms with Crippen LogP contribution < -0.4 is 5.73 Å². The van der Waals surface area contributed by atoms with Gasteiger partial charge in [0.2, 0.25) is 0 Å². The summed E-state index contributed by atoms with van der Waals surface area (Å²) in [5.74, 6) is -0.422. The van der Waals surface area contributed by atoms with Crippen LogP contribution in [-0.2, 0) is 6.54 Å². The smallest absolute Gasteiger partial charge is 0.142 e. The molecule has 112 valence electrons. The van der Waals surface area contributed by atoms with Crippen molar-refractivity contribution in [2.24, 2.45) is 5.73 Å². The highest BCUT2D eigenvalue weighted by Crippen LogP contribution is 2.24. The Hall–Kier alpha value is -1.49. The lowest BCUT2D eigenvalue weighted by molar-refractivity contribution is 0.238. The van der Waals surface area contributed by atoms with Crippen molar-refractivity contribution in [3.05, 3.63) is 64.2 Å². The number of nitrogens with two attached hydrogens (primary N) is 1. The van der Waals surface area contributed by atoms with Gasteiger partial charge in [0, 0.05) is 24.8 Å². The normalized spacial score (nSPS) is 12.7. The number of hydrogen-bond acceptors (Lipinski definition) is 3. The van der Waals surface area contributed by atoms with Gasteiger partial charge in [0.1, 0.15) is 5.82 Å². The Balaban J connectivity index is 2.18. The molecule has 0 saturated carbocycles. The second kappa shape index (κ2) is 6.98. The molecule has 21 heavy (non-hydrogen) atoms. The fourth-order valence-corrected chi connectivity index (χ4v) is 2.46. The quantitative estimate of drug-likeness (QED) is 0.921. The highest BCUT2D eigenvalue weighted by molar-refractivity contribution is 6.30. The van der Waals surface area contributed by atoms with E-state index in [1.165, 1.54) is 6.07 Å². The fourth-order valence-electron chi connectivity index (χ4n) is 2.34. The lowest BCUT2D eigenvalue weighted by atomic mass is 10.1. The Labute approximate surface area is 129 Å². The topological polar surface area (TPSA) is 42.1 Å². The molecule has 1 aromatic heterocycles. The molecule has 1 atom stereocenters. The number of pyridine rings is 1. The third kappa shape index (κ3) is 4.00. The highest BCUT2D eigenvalue weighted by Gasteiger charge is 2.17. The molecule has 2 aromatic rings. The lowest BCUT2D eigenvalue weighted by Crippen LogP contribution is -2.30. The van der Waals surface area contributed by atoms with E-state index in [0.29, 0.717) is 13.1 Å². The van der Waals surface area contributed by atoms with Gasteiger partial charge in [0.25, 0.3) is 0 Å². The predicted molar refractivity (Wildman–Crippen MR) is 83.6 cm³/mol. The Bertz CT molecular complexity index is 618. The van der Waals surface area contributed by atoms with Crippen molar-refractivity contribution in [3.63, 3.8) is 0 Å². The van der Waals surface area contributed by atoms with E-state index in [1.54, 1.807) is 6.07 Å². The summed E-state index contributed by atoms with van der Waals surface area (Å²) in [6.07, 6.45) is 0. The monoisotopic (exact) mass is 307 g/mol. The summed E-state index contributed by atoms with van der Waals surface area (Å²) in [5.41, 5.74) is 8.61. The molecule has 0 spiro atoms. The Morgan fingerprint density at radius 1 is 1.33 bits per heavy atom. The highest BCUT2D eigenvalue weighted by atomic mass is 35.5. The van der Waals surface area contributed by atoms with Gasteiger partial charge in [0.15, 0.2) is 0 Å². The maximum Gasteiger partial charge on any atom is 0.142 e. The zero-order valence-electron chi connectivity index (χ0n) is 12.2. The van der Waals surface area contributed by atoms with E-state index in [-0.39, 0.29) is 11.1 Å². The van der Waals surface area contributed by atoms with E-state index in [2.05, 4.69) is 9.88 Å². The van der Waals surface area contributed by atoms with E-state index in [1.807, 2.05) is 38.2 Å². The number of aryl methyl sites for hydroxylation is 1. The number of nitrogens with zero attached hydrogens (tertiary/aromatic N) is 2. The van der Waals surface area contributed by atoms with Crippen LogP contribution in [0.5, 0.6) is 0 Å². The number of benzene rings is 1. The van der Waals surface area contributed by atoms with E-state index in [9.17, 15) is 4.39 Å². The average molecular weight is 308 g/mol. The molecule has 0 radical (unpaired) electrons. The van der Waals surface area contributed by atoms with Crippen molar-refractivity contribution in [2.75, 3.05) is 13.6 Å².